The third kappa shape index (κ3) is 2.18. The summed E-state index contributed by atoms with van der Waals surface area (Å²) in [6, 6.07) is 0. The number of fused-ring (bicyclic) bond motifs is 1. The van der Waals surface area contributed by atoms with E-state index >= 15 is 0 Å². The van der Waals surface area contributed by atoms with Gasteiger partial charge in [-0.25, -0.2) is 9.97 Å². The van der Waals surface area contributed by atoms with Crippen molar-refractivity contribution in [3.05, 3.63) is 18.1 Å². The Labute approximate surface area is 123 Å². The lowest BCUT2D eigenvalue weighted by atomic mass is 9.93. The van der Waals surface area contributed by atoms with Gasteiger partial charge in [-0.15, -0.1) is 0 Å². The van der Waals surface area contributed by atoms with Gasteiger partial charge in [0, 0.05) is 37.3 Å². The number of carbonyl (C=O) groups excluding carboxylic acids is 1. The summed E-state index contributed by atoms with van der Waals surface area (Å²) in [5.41, 5.74) is 2.63. The number of carbonyl (C=O) groups is 1. The first-order chi connectivity index (χ1) is 10.2. The minimum atomic E-state index is 0.292. The highest BCUT2D eigenvalue weighted by molar-refractivity contribution is 5.81. The van der Waals surface area contributed by atoms with Crippen LogP contribution in [0.25, 0.3) is 11.2 Å². The monoisotopic (exact) mass is 285 g/mol. The van der Waals surface area contributed by atoms with E-state index in [4.69, 9.17) is 0 Å². The summed E-state index contributed by atoms with van der Waals surface area (Å²) in [6.07, 6.45) is 6.38. The zero-order valence-corrected chi connectivity index (χ0v) is 12.1. The van der Waals surface area contributed by atoms with Gasteiger partial charge in [0.1, 0.15) is 5.52 Å². The minimum absolute atomic E-state index is 0.292. The van der Waals surface area contributed by atoms with Gasteiger partial charge in [-0.3, -0.25) is 9.89 Å². The van der Waals surface area contributed by atoms with Crippen LogP contribution < -0.4 is 0 Å². The summed E-state index contributed by atoms with van der Waals surface area (Å²) >= 11 is 0. The van der Waals surface area contributed by atoms with Crippen LogP contribution in [0.1, 0.15) is 37.8 Å². The maximum Gasteiger partial charge on any atom is 0.225 e. The molecule has 0 bridgehead atoms. The third-order valence-electron chi connectivity index (χ3n) is 4.86. The van der Waals surface area contributed by atoms with Crippen LogP contribution in [0.15, 0.2) is 12.4 Å². The molecule has 1 amide bonds. The minimum Gasteiger partial charge on any atom is -0.342 e. The van der Waals surface area contributed by atoms with Gasteiger partial charge in [-0.1, -0.05) is 6.92 Å². The molecule has 6 heteroatoms. The normalized spacial score (nSPS) is 26.2. The number of nitrogens with zero attached hydrogens (tertiary/aromatic N) is 4. The molecule has 0 aromatic carbocycles. The van der Waals surface area contributed by atoms with Gasteiger partial charge in [0.05, 0.1) is 5.69 Å². The molecule has 0 spiro atoms. The summed E-state index contributed by atoms with van der Waals surface area (Å²) in [4.78, 5) is 22.9. The van der Waals surface area contributed by atoms with Crippen molar-refractivity contribution in [1.82, 2.24) is 25.1 Å². The molecule has 2 atom stereocenters. The number of likely N-dealkylation sites (tertiary alicyclic amines) is 1. The first kappa shape index (κ1) is 12.7. The Hall–Kier alpha value is -1.98. The predicted molar refractivity (Wildman–Crippen MR) is 77.5 cm³/mol. The molecule has 4 rings (SSSR count). The number of nitrogens with one attached hydrogen (secondary N) is 1. The van der Waals surface area contributed by atoms with Crippen LogP contribution in [0.3, 0.4) is 0 Å². The number of H-pyrrole nitrogens is 1. The Morgan fingerprint density at radius 3 is 2.71 bits per heavy atom. The first-order valence-corrected chi connectivity index (χ1v) is 7.68. The maximum absolute atomic E-state index is 12.3. The van der Waals surface area contributed by atoms with E-state index in [0.29, 0.717) is 29.3 Å². The van der Waals surface area contributed by atoms with E-state index in [0.717, 1.165) is 43.6 Å². The zero-order chi connectivity index (χ0) is 14.4. The molecule has 1 aliphatic carbocycles. The van der Waals surface area contributed by atoms with Crippen LogP contribution in [-0.4, -0.2) is 44.1 Å². The molecule has 21 heavy (non-hydrogen) atoms. The van der Waals surface area contributed by atoms with E-state index in [1.165, 1.54) is 0 Å². The fourth-order valence-corrected chi connectivity index (χ4v) is 3.34. The predicted octanol–water partition coefficient (Wildman–Crippen LogP) is 1.71. The van der Waals surface area contributed by atoms with E-state index in [1.54, 1.807) is 12.4 Å². The summed E-state index contributed by atoms with van der Waals surface area (Å²) < 4.78 is 0. The van der Waals surface area contributed by atoms with Crippen molar-refractivity contribution in [3.8, 4) is 0 Å². The quantitative estimate of drug-likeness (QED) is 0.911. The van der Waals surface area contributed by atoms with Gasteiger partial charge in [0.25, 0.3) is 0 Å². The van der Waals surface area contributed by atoms with Gasteiger partial charge in [0.2, 0.25) is 5.91 Å². The molecule has 0 radical (unpaired) electrons. The molecule has 0 unspecified atom stereocenters. The lowest BCUT2D eigenvalue weighted by Gasteiger charge is -2.31. The molecule has 110 valence electrons. The second-order valence-electron chi connectivity index (χ2n) is 6.28. The Bertz CT molecular complexity index is 674. The molecule has 2 aromatic rings. The molecule has 1 saturated heterocycles. The van der Waals surface area contributed by atoms with Gasteiger partial charge >= 0.3 is 0 Å². The van der Waals surface area contributed by atoms with Gasteiger partial charge in [-0.2, -0.15) is 5.10 Å². The van der Waals surface area contributed by atoms with Crippen molar-refractivity contribution in [2.45, 2.75) is 32.1 Å². The number of hydrogen-bond donors (Lipinski definition) is 1. The standard InChI is InChI=1S/C15H19N5O/c1-9-8-11(9)15(21)20-6-2-10(3-7-20)12-13-14(19-18-12)17-5-4-16-13/h4-5,9-11H,2-3,6-8H2,1H3,(H,17,18,19)/t9-,11-/m1/s1. The molecule has 1 N–H and O–H groups in total. The third-order valence-corrected chi connectivity index (χ3v) is 4.86. The molecule has 2 fully saturated rings. The highest BCUT2D eigenvalue weighted by atomic mass is 16.2. The number of rotatable bonds is 2. The maximum atomic E-state index is 12.3. The average molecular weight is 285 g/mol. The Balaban J connectivity index is 1.46. The topological polar surface area (TPSA) is 74.8 Å². The number of piperidine rings is 1. The molecule has 3 heterocycles. The molecule has 1 aliphatic heterocycles. The lowest BCUT2D eigenvalue weighted by Crippen LogP contribution is -2.39. The number of hydrogen-bond acceptors (Lipinski definition) is 4. The Kier molecular flexibility index (Phi) is 2.90. The molecule has 1 saturated carbocycles. The summed E-state index contributed by atoms with van der Waals surface area (Å²) in [6.45, 7) is 3.84. The van der Waals surface area contributed by atoms with Crippen LogP contribution >= 0.6 is 0 Å². The Morgan fingerprint density at radius 2 is 2.00 bits per heavy atom. The largest absolute Gasteiger partial charge is 0.342 e. The van der Waals surface area contributed by atoms with E-state index < -0.39 is 0 Å². The summed E-state index contributed by atoms with van der Waals surface area (Å²) in [5, 5.41) is 7.31. The summed E-state index contributed by atoms with van der Waals surface area (Å²) in [7, 11) is 0. The molecule has 6 nitrogen and oxygen atoms in total. The van der Waals surface area contributed by atoms with Gasteiger partial charge < -0.3 is 4.90 Å². The second kappa shape index (κ2) is 4.79. The van der Waals surface area contributed by atoms with Crippen LogP contribution in [0.4, 0.5) is 0 Å². The van der Waals surface area contributed by atoms with E-state index in [1.807, 2.05) is 4.90 Å². The van der Waals surface area contributed by atoms with Gasteiger partial charge in [0.15, 0.2) is 5.65 Å². The molecule has 2 aromatic heterocycles. The van der Waals surface area contributed by atoms with E-state index in [2.05, 4.69) is 27.1 Å². The van der Waals surface area contributed by atoms with Crippen molar-refractivity contribution in [1.29, 1.82) is 0 Å². The number of amides is 1. The highest BCUT2D eigenvalue weighted by Crippen LogP contribution is 2.40. The molecule has 2 aliphatic rings. The van der Waals surface area contributed by atoms with Crippen molar-refractivity contribution in [3.63, 3.8) is 0 Å². The molecular formula is C15H19N5O. The van der Waals surface area contributed by atoms with Crippen molar-refractivity contribution in [2.24, 2.45) is 11.8 Å². The summed E-state index contributed by atoms with van der Waals surface area (Å²) in [5.74, 6) is 1.63. The van der Waals surface area contributed by atoms with Gasteiger partial charge in [-0.05, 0) is 25.2 Å². The van der Waals surface area contributed by atoms with Crippen molar-refractivity contribution >= 4 is 17.1 Å². The van der Waals surface area contributed by atoms with Crippen LogP contribution in [-0.2, 0) is 4.79 Å². The van der Waals surface area contributed by atoms with Crippen LogP contribution in [0, 0.1) is 11.8 Å². The second-order valence-corrected chi connectivity index (χ2v) is 6.28. The average Bonchev–Trinajstić information content (AvgIpc) is 3.10. The fraction of sp³-hybridized carbons (Fsp3) is 0.600. The Morgan fingerprint density at radius 1 is 1.29 bits per heavy atom. The lowest BCUT2D eigenvalue weighted by molar-refractivity contribution is -0.133. The number of aromatic amines is 1. The molecular weight excluding hydrogens is 266 g/mol. The van der Waals surface area contributed by atoms with Crippen molar-refractivity contribution < 1.29 is 4.79 Å². The SMILES string of the molecule is C[C@@H]1C[C@H]1C(=O)N1CCC(c2[nH]nc3nccnc23)CC1. The van der Waals surface area contributed by atoms with E-state index in [9.17, 15) is 4.79 Å². The fourth-order valence-electron chi connectivity index (χ4n) is 3.34. The first-order valence-electron chi connectivity index (χ1n) is 7.68. The van der Waals surface area contributed by atoms with Crippen LogP contribution in [0.2, 0.25) is 0 Å². The smallest absolute Gasteiger partial charge is 0.225 e. The highest BCUT2D eigenvalue weighted by Gasteiger charge is 2.42. The van der Waals surface area contributed by atoms with E-state index in [-0.39, 0.29) is 0 Å². The van der Waals surface area contributed by atoms with Crippen molar-refractivity contribution in [2.75, 3.05) is 13.1 Å². The zero-order valence-electron chi connectivity index (χ0n) is 12.1. The number of aromatic nitrogens is 4. The van der Waals surface area contributed by atoms with Crippen LogP contribution in [0.5, 0.6) is 0 Å².